The zero-order chi connectivity index (χ0) is 25.0. The van der Waals surface area contributed by atoms with Gasteiger partial charge >= 0.3 is 24.2 Å². The van der Waals surface area contributed by atoms with Gasteiger partial charge in [-0.1, -0.05) is 55.8 Å². The highest BCUT2D eigenvalue weighted by atomic mass is 19.4. The lowest BCUT2D eigenvalue weighted by atomic mass is 9.83. The van der Waals surface area contributed by atoms with Crippen molar-refractivity contribution in [2.75, 3.05) is 19.6 Å². The van der Waals surface area contributed by atoms with Crippen LogP contribution in [0.5, 0.6) is 0 Å². The summed E-state index contributed by atoms with van der Waals surface area (Å²) in [6.45, 7) is 5.39. The molecule has 11 heteroatoms. The number of hydrogen-bond donors (Lipinski definition) is 2. The van der Waals surface area contributed by atoms with E-state index < -0.39 is 24.2 Å². The monoisotopic (exact) mass is 480 g/mol. The molecule has 1 amide bonds. The lowest BCUT2D eigenvalue weighted by Gasteiger charge is -2.43. The minimum absolute atomic E-state index is 0.0168. The highest BCUT2D eigenvalue weighted by Gasteiger charge is 2.54. The van der Waals surface area contributed by atoms with Gasteiger partial charge in [-0.25, -0.2) is 4.79 Å². The number of nitrogens with zero attached hydrogens (tertiary/aromatic N) is 1. The van der Waals surface area contributed by atoms with Crippen LogP contribution in [0, 0.1) is 11.3 Å². The molecule has 33 heavy (non-hydrogen) atoms. The van der Waals surface area contributed by atoms with E-state index in [1.54, 1.807) is 0 Å². The number of halogens is 6. The van der Waals surface area contributed by atoms with Gasteiger partial charge in [-0.05, 0) is 18.4 Å². The van der Waals surface area contributed by atoms with E-state index >= 15 is 0 Å². The van der Waals surface area contributed by atoms with Crippen LogP contribution in [0.2, 0.25) is 0 Å². The van der Waals surface area contributed by atoms with Crippen molar-refractivity contribution in [2.45, 2.75) is 45.1 Å². The van der Waals surface area contributed by atoms with Crippen molar-refractivity contribution >= 4 is 18.0 Å². The van der Waals surface area contributed by atoms with E-state index in [-0.39, 0.29) is 23.9 Å². The third-order valence-corrected chi connectivity index (χ3v) is 5.59. The van der Waals surface area contributed by atoms with Gasteiger partial charge < -0.3 is 15.3 Å². The number of carboxylic acid groups (broad SMARTS) is 1. The van der Waals surface area contributed by atoms with Crippen molar-refractivity contribution in [1.29, 1.82) is 0 Å². The molecule has 2 N–H and O–H groups in total. The van der Waals surface area contributed by atoms with Crippen LogP contribution in [0.3, 0.4) is 0 Å². The van der Waals surface area contributed by atoms with E-state index in [4.69, 9.17) is 9.90 Å². The van der Waals surface area contributed by atoms with E-state index in [1.807, 2.05) is 50.3 Å². The van der Waals surface area contributed by atoms with E-state index in [9.17, 15) is 31.1 Å². The van der Waals surface area contributed by atoms with E-state index in [2.05, 4.69) is 5.32 Å². The summed E-state index contributed by atoms with van der Waals surface area (Å²) in [5.41, 5.74) is 1.88. The van der Waals surface area contributed by atoms with Crippen LogP contribution in [-0.2, 0) is 9.59 Å². The van der Waals surface area contributed by atoms with Gasteiger partial charge in [0.25, 0.3) is 0 Å². The molecular formula is C22H26F6N2O3. The van der Waals surface area contributed by atoms with Crippen molar-refractivity contribution < 1.29 is 41.0 Å². The lowest BCUT2D eigenvalue weighted by Crippen LogP contribution is -2.59. The van der Waals surface area contributed by atoms with Crippen LogP contribution in [0.25, 0.3) is 6.08 Å². The predicted octanol–water partition coefficient (Wildman–Crippen LogP) is 4.50. The Bertz CT molecular complexity index is 863. The molecule has 1 saturated carbocycles. The smallest absolute Gasteiger partial charge is 0.475 e. The fraction of sp³-hybridized carbons (Fsp3) is 0.545. The minimum atomic E-state index is -5.08. The van der Waals surface area contributed by atoms with Crippen molar-refractivity contribution in [3.8, 4) is 0 Å². The minimum Gasteiger partial charge on any atom is -0.475 e. The predicted molar refractivity (Wildman–Crippen MR) is 109 cm³/mol. The second-order valence-corrected chi connectivity index (χ2v) is 8.54. The van der Waals surface area contributed by atoms with Gasteiger partial charge in [0.15, 0.2) is 0 Å². The summed E-state index contributed by atoms with van der Waals surface area (Å²) >= 11 is 0. The molecule has 0 radical (unpaired) electrons. The third-order valence-electron chi connectivity index (χ3n) is 5.59. The molecule has 1 heterocycles. The second-order valence-electron chi connectivity index (χ2n) is 8.54. The number of amides is 1. The van der Waals surface area contributed by atoms with E-state index in [1.165, 1.54) is 0 Å². The maximum absolute atomic E-state index is 13.1. The van der Waals surface area contributed by atoms with Crippen LogP contribution in [-0.4, -0.2) is 59.9 Å². The maximum Gasteiger partial charge on any atom is 0.490 e. The Kier molecular flexibility index (Phi) is 8.21. The number of carbonyl (C=O) groups excluding carboxylic acids is 1. The molecule has 1 aliphatic heterocycles. The summed E-state index contributed by atoms with van der Waals surface area (Å²) in [6, 6.07) is 9.41. The molecule has 2 atom stereocenters. The summed E-state index contributed by atoms with van der Waals surface area (Å²) in [7, 11) is 0. The van der Waals surface area contributed by atoms with Crippen molar-refractivity contribution in [1.82, 2.24) is 10.2 Å². The first kappa shape index (κ1) is 26.7. The Hall–Kier alpha value is -2.56. The second kappa shape index (κ2) is 10.1. The molecular weight excluding hydrogens is 454 g/mol. The first-order chi connectivity index (χ1) is 15.2. The zero-order valence-electron chi connectivity index (χ0n) is 18.1. The number of carboxylic acids is 1. The molecule has 184 valence electrons. The van der Waals surface area contributed by atoms with Gasteiger partial charge in [0.2, 0.25) is 0 Å². The Morgan fingerprint density at radius 1 is 1.12 bits per heavy atom. The molecule has 1 unspecified atom stereocenters. The van der Waals surface area contributed by atoms with Crippen LogP contribution in [0.1, 0.15) is 32.3 Å². The number of rotatable bonds is 6. The Labute approximate surface area is 187 Å². The lowest BCUT2D eigenvalue weighted by molar-refractivity contribution is -0.192. The van der Waals surface area contributed by atoms with Crippen LogP contribution in [0.15, 0.2) is 35.9 Å². The topological polar surface area (TPSA) is 69.6 Å². The highest BCUT2D eigenvalue weighted by molar-refractivity contribution is 5.82. The van der Waals surface area contributed by atoms with Crippen molar-refractivity contribution in [3.63, 3.8) is 0 Å². The van der Waals surface area contributed by atoms with Gasteiger partial charge in [-0.15, -0.1) is 0 Å². The number of benzene rings is 1. The average molecular weight is 480 g/mol. The maximum atomic E-state index is 13.1. The number of hydrogen-bond acceptors (Lipinski definition) is 3. The fourth-order valence-corrected chi connectivity index (χ4v) is 3.74. The molecule has 1 saturated heterocycles. The van der Waals surface area contributed by atoms with Gasteiger partial charge in [-0.2, -0.15) is 26.3 Å². The van der Waals surface area contributed by atoms with Crippen LogP contribution >= 0.6 is 0 Å². The number of carbonyl (C=O) groups is 2. The molecule has 5 nitrogen and oxygen atoms in total. The first-order valence-corrected chi connectivity index (χ1v) is 10.3. The number of alkyl halides is 6. The standard InChI is InChI=1S/C20H25F3N2O.C2HF3O2/c1-3-15(9-14-7-5-4-6-8-14)16-10-17(16)25(18(26)20(21,22)23)13-19(2)11-24-12-19;3-2(4,5)1(6)7/h4-9,16-17,24H,3,10-13H2,1-2H3;(H,6,7)/t16?,17-;/m0./s1. The van der Waals surface area contributed by atoms with Crippen molar-refractivity contribution in [3.05, 3.63) is 41.5 Å². The molecule has 0 spiro atoms. The van der Waals surface area contributed by atoms with Gasteiger partial charge in [-0.3, -0.25) is 4.79 Å². The Morgan fingerprint density at radius 3 is 2.06 bits per heavy atom. The first-order valence-electron chi connectivity index (χ1n) is 10.3. The molecule has 2 fully saturated rings. The van der Waals surface area contributed by atoms with Crippen LogP contribution < -0.4 is 5.32 Å². The SMILES string of the molecule is CCC(=Cc1ccccc1)C1C[C@@H]1N(CC1(C)CNC1)C(=O)C(F)(F)F.O=C(O)C(F)(F)F. The zero-order valence-corrected chi connectivity index (χ0v) is 18.1. The molecule has 2 aliphatic rings. The van der Waals surface area contributed by atoms with Crippen molar-refractivity contribution in [2.24, 2.45) is 11.3 Å². The van der Waals surface area contributed by atoms with Gasteiger partial charge in [0, 0.05) is 37.0 Å². The van der Waals surface area contributed by atoms with Gasteiger partial charge in [0.05, 0.1) is 0 Å². The highest BCUT2D eigenvalue weighted by Crippen LogP contribution is 2.45. The molecule has 1 aromatic rings. The molecule has 0 aromatic heterocycles. The van der Waals surface area contributed by atoms with E-state index in [0.29, 0.717) is 19.5 Å². The number of aliphatic carboxylic acids is 1. The normalized spacial score (nSPS) is 21.9. The third kappa shape index (κ3) is 7.48. The Morgan fingerprint density at radius 2 is 1.67 bits per heavy atom. The summed E-state index contributed by atoms with van der Waals surface area (Å²) in [5.74, 6) is -4.44. The summed E-state index contributed by atoms with van der Waals surface area (Å²) in [4.78, 5) is 22.0. The molecule has 0 bridgehead atoms. The summed E-state index contributed by atoms with van der Waals surface area (Å²) < 4.78 is 71.1. The fourth-order valence-electron chi connectivity index (χ4n) is 3.74. The Balaban J connectivity index is 0.000000479. The van der Waals surface area contributed by atoms with Gasteiger partial charge in [0.1, 0.15) is 0 Å². The molecule has 3 rings (SSSR count). The summed E-state index contributed by atoms with van der Waals surface area (Å²) in [5, 5.41) is 10.2. The van der Waals surface area contributed by atoms with E-state index in [0.717, 1.165) is 22.5 Å². The molecule has 1 aromatic carbocycles. The quantitative estimate of drug-likeness (QED) is 0.589. The number of nitrogens with one attached hydrogen (secondary N) is 1. The summed E-state index contributed by atoms with van der Waals surface area (Å²) in [6.07, 6.45) is -6.48. The average Bonchev–Trinajstić information content (AvgIpc) is 3.48. The van der Waals surface area contributed by atoms with Crippen LogP contribution in [0.4, 0.5) is 26.3 Å². The molecule has 1 aliphatic carbocycles. The largest absolute Gasteiger partial charge is 0.490 e.